The Morgan fingerprint density at radius 1 is 1.14 bits per heavy atom. The number of carboxylic acids is 1. The first-order chi connectivity index (χ1) is 9.99. The van der Waals surface area contributed by atoms with Gasteiger partial charge in [-0.3, -0.25) is 0 Å². The molecule has 21 heavy (non-hydrogen) atoms. The molecule has 0 heterocycles. The summed E-state index contributed by atoms with van der Waals surface area (Å²) in [6, 6.07) is 12.7. The number of aryl methyl sites for hydroxylation is 1. The molecule has 110 valence electrons. The van der Waals surface area contributed by atoms with Crippen molar-refractivity contribution < 1.29 is 19.7 Å². The van der Waals surface area contributed by atoms with E-state index in [9.17, 15) is 9.90 Å². The Bertz CT molecular complexity index is 632. The maximum Gasteiger partial charge on any atom is 0.335 e. The average Bonchev–Trinajstić information content (AvgIpc) is 2.47. The minimum absolute atomic E-state index is 0.128. The molecule has 0 spiro atoms. The van der Waals surface area contributed by atoms with E-state index >= 15 is 0 Å². The Balaban J connectivity index is 2.44. The zero-order valence-electron chi connectivity index (χ0n) is 12.0. The van der Waals surface area contributed by atoms with Crippen LogP contribution in [0.5, 0.6) is 5.75 Å². The number of aliphatic hydroxyl groups is 1. The standard InChI is InChI=1S/C17H18O4/c1-11-3-5-13(6-4-11)14-7-15(17(19)20)9-16(8-14)21-12(2)10-18/h3-9,12,18H,10H2,1-2H3,(H,19,20). The second kappa shape index (κ2) is 6.41. The van der Waals surface area contributed by atoms with E-state index < -0.39 is 5.97 Å². The highest BCUT2D eigenvalue weighted by molar-refractivity contribution is 5.90. The lowest BCUT2D eigenvalue weighted by molar-refractivity contribution is 0.0695. The van der Waals surface area contributed by atoms with E-state index in [-0.39, 0.29) is 18.3 Å². The second-order valence-electron chi connectivity index (χ2n) is 5.03. The van der Waals surface area contributed by atoms with Crippen molar-refractivity contribution >= 4 is 5.97 Å². The lowest BCUT2D eigenvalue weighted by Gasteiger charge is -2.14. The van der Waals surface area contributed by atoms with Crippen LogP contribution in [0, 0.1) is 6.92 Å². The van der Waals surface area contributed by atoms with E-state index in [0.29, 0.717) is 5.75 Å². The minimum Gasteiger partial charge on any atom is -0.488 e. The monoisotopic (exact) mass is 286 g/mol. The van der Waals surface area contributed by atoms with Crippen LogP contribution < -0.4 is 4.74 Å². The van der Waals surface area contributed by atoms with Crippen molar-refractivity contribution in [3.05, 3.63) is 53.6 Å². The largest absolute Gasteiger partial charge is 0.488 e. The Morgan fingerprint density at radius 3 is 2.38 bits per heavy atom. The summed E-state index contributed by atoms with van der Waals surface area (Å²) >= 11 is 0. The predicted molar refractivity (Wildman–Crippen MR) is 80.8 cm³/mol. The number of hydrogen-bond acceptors (Lipinski definition) is 3. The van der Waals surface area contributed by atoms with Crippen LogP contribution in [0.25, 0.3) is 11.1 Å². The molecule has 0 saturated carbocycles. The fourth-order valence-electron chi connectivity index (χ4n) is 1.97. The maximum atomic E-state index is 11.2. The average molecular weight is 286 g/mol. The van der Waals surface area contributed by atoms with Gasteiger partial charge < -0.3 is 14.9 Å². The van der Waals surface area contributed by atoms with Gasteiger partial charge in [0.05, 0.1) is 12.2 Å². The molecule has 0 bridgehead atoms. The molecule has 0 aromatic heterocycles. The molecule has 0 fully saturated rings. The van der Waals surface area contributed by atoms with Gasteiger partial charge in [-0.05, 0) is 43.2 Å². The summed E-state index contributed by atoms with van der Waals surface area (Å²) in [4.78, 5) is 11.2. The quantitative estimate of drug-likeness (QED) is 0.886. The lowest BCUT2D eigenvalue weighted by atomic mass is 10.0. The summed E-state index contributed by atoms with van der Waals surface area (Å²) < 4.78 is 5.53. The molecule has 2 aromatic rings. The maximum absolute atomic E-state index is 11.2. The smallest absolute Gasteiger partial charge is 0.335 e. The van der Waals surface area contributed by atoms with Crippen LogP contribution in [0.2, 0.25) is 0 Å². The third-order valence-electron chi connectivity index (χ3n) is 3.13. The van der Waals surface area contributed by atoms with Gasteiger partial charge in [0, 0.05) is 0 Å². The molecular formula is C17H18O4. The molecule has 0 radical (unpaired) electrons. The number of carboxylic acid groups (broad SMARTS) is 1. The van der Waals surface area contributed by atoms with Gasteiger partial charge >= 0.3 is 5.97 Å². The molecule has 2 N–H and O–H groups in total. The summed E-state index contributed by atoms with van der Waals surface area (Å²) in [5.41, 5.74) is 2.99. The fourth-order valence-corrected chi connectivity index (χ4v) is 1.97. The van der Waals surface area contributed by atoms with Gasteiger partial charge in [-0.2, -0.15) is 0 Å². The van der Waals surface area contributed by atoms with Gasteiger partial charge in [-0.25, -0.2) is 4.79 Å². The minimum atomic E-state index is -1.01. The van der Waals surface area contributed by atoms with E-state index in [0.717, 1.165) is 16.7 Å². The van der Waals surface area contributed by atoms with Crippen LogP contribution in [-0.4, -0.2) is 28.9 Å². The van der Waals surface area contributed by atoms with Gasteiger partial charge in [0.25, 0.3) is 0 Å². The van der Waals surface area contributed by atoms with Crippen LogP contribution in [0.15, 0.2) is 42.5 Å². The van der Waals surface area contributed by atoms with Crippen LogP contribution in [-0.2, 0) is 0 Å². The van der Waals surface area contributed by atoms with Crippen molar-refractivity contribution in [1.82, 2.24) is 0 Å². The van der Waals surface area contributed by atoms with Crippen molar-refractivity contribution in [3.8, 4) is 16.9 Å². The number of aromatic carboxylic acids is 1. The van der Waals surface area contributed by atoms with Crippen molar-refractivity contribution in [2.45, 2.75) is 20.0 Å². The lowest BCUT2D eigenvalue weighted by Crippen LogP contribution is -2.16. The number of hydrogen-bond donors (Lipinski definition) is 2. The Kier molecular flexibility index (Phi) is 4.60. The summed E-state index contributed by atoms with van der Waals surface area (Å²) in [6.07, 6.45) is -0.389. The molecule has 4 nitrogen and oxygen atoms in total. The predicted octanol–water partition coefficient (Wildman–Crippen LogP) is 3.12. The molecule has 0 aliphatic heterocycles. The number of rotatable bonds is 5. The molecule has 0 aliphatic rings. The summed E-state index contributed by atoms with van der Waals surface area (Å²) in [6.45, 7) is 3.59. The first-order valence-corrected chi connectivity index (χ1v) is 6.72. The van der Waals surface area contributed by atoms with Gasteiger partial charge in [0.15, 0.2) is 0 Å². The molecule has 0 amide bonds. The van der Waals surface area contributed by atoms with Crippen molar-refractivity contribution in [2.75, 3.05) is 6.61 Å². The third kappa shape index (κ3) is 3.83. The van der Waals surface area contributed by atoms with Crippen molar-refractivity contribution in [2.24, 2.45) is 0 Å². The number of aliphatic hydroxyl groups excluding tert-OH is 1. The highest BCUT2D eigenvalue weighted by atomic mass is 16.5. The van der Waals surface area contributed by atoms with E-state index in [1.807, 2.05) is 31.2 Å². The Labute approximate surface area is 123 Å². The van der Waals surface area contributed by atoms with Crippen LogP contribution >= 0.6 is 0 Å². The van der Waals surface area contributed by atoms with Gasteiger partial charge in [0.1, 0.15) is 11.9 Å². The topological polar surface area (TPSA) is 66.8 Å². The fraction of sp³-hybridized carbons (Fsp3) is 0.235. The summed E-state index contributed by atoms with van der Waals surface area (Å²) in [5, 5.41) is 18.3. The molecule has 1 unspecified atom stereocenters. The van der Waals surface area contributed by atoms with E-state index in [1.54, 1.807) is 19.1 Å². The van der Waals surface area contributed by atoms with Crippen LogP contribution in [0.3, 0.4) is 0 Å². The zero-order valence-corrected chi connectivity index (χ0v) is 12.0. The molecule has 1 atom stereocenters. The first kappa shape index (κ1) is 15.1. The third-order valence-corrected chi connectivity index (χ3v) is 3.13. The van der Waals surface area contributed by atoms with Crippen molar-refractivity contribution in [3.63, 3.8) is 0 Å². The summed E-state index contributed by atoms with van der Waals surface area (Å²) in [5.74, 6) is -0.572. The summed E-state index contributed by atoms with van der Waals surface area (Å²) in [7, 11) is 0. The second-order valence-corrected chi connectivity index (χ2v) is 5.03. The van der Waals surface area contributed by atoms with E-state index in [2.05, 4.69) is 0 Å². The molecular weight excluding hydrogens is 268 g/mol. The highest BCUT2D eigenvalue weighted by Crippen LogP contribution is 2.27. The first-order valence-electron chi connectivity index (χ1n) is 6.72. The van der Waals surface area contributed by atoms with Crippen molar-refractivity contribution in [1.29, 1.82) is 0 Å². The molecule has 2 aromatic carbocycles. The Hall–Kier alpha value is -2.33. The number of benzene rings is 2. The SMILES string of the molecule is Cc1ccc(-c2cc(OC(C)CO)cc(C(=O)O)c2)cc1. The molecule has 2 rings (SSSR count). The number of ether oxygens (including phenoxy) is 1. The van der Waals surface area contributed by atoms with Gasteiger partial charge in [0.2, 0.25) is 0 Å². The van der Waals surface area contributed by atoms with E-state index in [4.69, 9.17) is 9.84 Å². The van der Waals surface area contributed by atoms with Crippen LogP contribution in [0.4, 0.5) is 0 Å². The van der Waals surface area contributed by atoms with Gasteiger partial charge in [-0.1, -0.05) is 29.8 Å². The normalized spacial score (nSPS) is 12.0. The van der Waals surface area contributed by atoms with E-state index in [1.165, 1.54) is 6.07 Å². The molecule has 0 aliphatic carbocycles. The number of carbonyl (C=O) groups is 1. The van der Waals surface area contributed by atoms with Gasteiger partial charge in [-0.15, -0.1) is 0 Å². The molecule has 0 saturated heterocycles. The Morgan fingerprint density at radius 2 is 1.81 bits per heavy atom. The van der Waals surface area contributed by atoms with Crippen LogP contribution in [0.1, 0.15) is 22.8 Å². The molecule has 4 heteroatoms. The zero-order chi connectivity index (χ0) is 15.4. The highest BCUT2D eigenvalue weighted by Gasteiger charge is 2.11.